The van der Waals surface area contributed by atoms with E-state index < -0.39 is 0 Å². The van der Waals surface area contributed by atoms with Crippen LogP contribution < -0.4 is 5.73 Å². The lowest BCUT2D eigenvalue weighted by molar-refractivity contribution is 0.942. The molecule has 0 saturated heterocycles. The first-order valence-electron chi connectivity index (χ1n) is 4.36. The summed E-state index contributed by atoms with van der Waals surface area (Å²) in [5.41, 5.74) is 9.96. The standard InChI is InChI=1S/C10H13N3/c1-7-3-4-13-9(6-11)8(2)12-10(13)5-7/h3-5H,6,11H2,1-2H3. The highest BCUT2D eigenvalue weighted by Gasteiger charge is 2.05. The molecule has 0 spiro atoms. The van der Waals surface area contributed by atoms with Gasteiger partial charge in [-0.25, -0.2) is 4.98 Å². The summed E-state index contributed by atoms with van der Waals surface area (Å²) >= 11 is 0. The minimum Gasteiger partial charge on any atom is -0.325 e. The summed E-state index contributed by atoms with van der Waals surface area (Å²) in [5, 5.41) is 0. The van der Waals surface area contributed by atoms with Gasteiger partial charge in [-0.3, -0.25) is 0 Å². The highest BCUT2D eigenvalue weighted by atomic mass is 15.0. The van der Waals surface area contributed by atoms with Crippen LogP contribution >= 0.6 is 0 Å². The van der Waals surface area contributed by atoms with Crippen LogP contribution in [0.1, 0.15) is 17.0 Å². The molecule has 13 heavy (non-hydrogen) atoms. The van der Waals surface area contributed by atoms with Crippen LogP contribution in [0.2, 0.25) is 0 Å². The molecule has 68 valence electrons. The van der Waals surface area contributed by atoms with Crippen molar-refractivity contribution in [3.8, 4) is 0 Å². The molecule has 0 radical (unpaired) electrons. The summed E-state index contributed by atoms with van der Waals surface area (Å²) in [4.78, 5) is 4.43. The maximum absolute atomic E-state index is 5.64. The van der Waals surface area contributed by atoms with Crippen molar-refractivity contribution >= 4 is 5.65 Å². The second-order valence-electron chi connectivity index (χ2n) is 3.28. The minimum atomic E-state index is 0.538. The van der Waals surface area contributed by atoms with Gasteiger partial charge in [0.1, 0.15) is 5.65 Å². The van der Waals surface area contributed by atoms with Crippen LogP contribution in [0.5, 0.6) is 0 Å². The van der Waals surface area contributed by atoms with Gasteiger partial charge in [0.2, 0.25) is 0 Å². The van der Waals surface area contributed by atoms with E-state index in [2.05, 4.69) is 24.0 Å². The van der Waals surface area contributed by atoms with E-state index in [1.165, 1.54) is 5.56 Å². The van der Waals surface area contributed by atoms with Gasteiger partial charge in [-0.05, 0) is 31.5 Å². The van der Waals surface area contributed by atoms with Gasteiger partial charge in [-0.2, -0.15) is 0 Å². The molecule has 0 atom stereocenters. The number of nitrogens with two attached hydrogens (primary N) is 1. The summed E-state index contributed by atoms with van der Waals surface area (Å²) in [6.07, 6.45) is 2.02. The number of aromatic nitrogens is 2. The molecule has 3 nitrogen and oxygen atoms in total. The van der Waals surface area contributed by atoms with Crippen LogP contribution in [0.25, 0.3) is 5.65 Å². The van der Waals surface area contributed by atoms with Crippen LogP contribution in [0.3, 0.4) is 0 Å². The van der Waals surface area contributed by atoms with Crippen molar-refractivity contribution in [3.05, 3.63) is 35.3 Å². The summed E-state index contributed by atoms with van der Waals surface area (Å²) in [6, 6.07) is 4.12. The average Bonchev–Trinajstić information content (AvgIpc) is 2.39. The van der Waals surface area contributed by atoms with Crippen molar-refractivity contribution in [2.24, 2.45) is 5.73 Å². The van der Waals surface area contributed by atoms with Gasteiger partial charge in [0.15, 0.2) is 0 Å². The van der Waals surface area contributed by atoms with Crippen molar-refractivity contribution in [1.82, 2.24) is 9.38 Å². The Morgan fingerprint density at radius 2 is 2.23 bits per heavy atom. The van der Waals surface area contributed by atoms with E-state index in [-0.39, 0.29) is 0 Å². The van der Waals surface area contributed by atoms with E-state index in [4.69, 9.17) is 5.73 Å². The Hall–Kier alpha value is -1.35. The van der Waals surface area contributed by atoms with Crippen molar-refractivity contribution < 1.29 is 0 Å². The number of imidazole rings is 1. The molecule has 2 aromatic heterocycles. The highest BCUT2D eigenvalue weighted by Crippen LogP contribution is 2.12. The molecule has 0 fully saturated rings. The summed E-state index contributed by atoms with van der Waals surface area (Å²) in [6.45, 7) is 4.59. The lowest BCUT2D eigenvalue weighted by Crippen LogP contribution is -2.02. The van der Waals surface area contributed by atoms with Crippen LogP contribution in [0.4, 0.5) is 0 Å². The Kier molecular flexibility index (Phi) is 1.81. The van der Waals surface area contributed by atoms with E-state index in [0.29, 0.717) is 6.54 Å². The van der Waals surface area contributed by atoms with Crippen LogP contribution in [-0.2, 0) is 6.54 Å². The van der Waals surface area contributed by atoms with E-state index in [1.807, 2.05) is 17.5 Å². The van der Waals surface area contributed by atoms with Gasteiger partial charge >= 0.3 is 0 Å². The van der Waals surface area contributed by atoms with Gasteiger partial charge in [0.05, 0.1) is 11.4 Å². The van der Waals surface area contributed by atoms with Crippen molar-refractivity contribution in [2.45, 2.75) is 20.4 Å². The Balaban J connectivity index is 2.79. The van der Waals surface area contributed by atoms with Gasteiger partial charge in [-0.1, -0.05) is 0 Å². The first kappa shape index (κ1) is 8.26. The van der Waals surface area contributed by atoms with Gasteiger partial charge in [0, 0.05) is 12.7 Å². The van der Waals surface area contributed by atoms with Crippen molar-refractivity contribution in [3.63, 3.8) is 0 Å². The number of hydrogen-bond donors (Lipinski definition) is 1. The minimum absolute atomic E-state index is 0.538. The predicted molar refractivity (Wildman–Crippen MR) is 52.6 cm³/mol. The van der Waals surface area contributed by atoms with E-state index in [9.17, 15) is 0 Å². The van der Waals surface area contributed by atoms with Gasteiger partial charge in [0.25, 0.3) is 0 Å². The largest absolute Gasteiger partial charge is 0.325 e. The zero-order valence-electron chi connectivity index (χ0n) is 7.91. The van der Waals surface area contributed by atoms with Gasteiger partial charge in [-0.15, -0.1) is 0 Å². The Morgan fingerprint density at radius 3 is 2.92 bits per heavy atom. The van der Waals surface area contributed by atoms with Crippen molar-refractivity contribution in [2.75, 3.05) is 0 Å². The molecule has 0 bridgehead atoms. The molecule has 2 N–H and O–H groups in total. The number of pyridine rings is 1. The molecule has 3 heteroatoms. The van der Waals surface area contributed by atoms with Crippen LogP contribution in [-0.4, -0.2) is 9.38 Å². The molecule has 2 heterocycles. The Morgan fingerprint density at radius 1 is 1.46 bits per heavy atom. The molecule has 0 unspecified atom stereocenters. The van der Waals surface area contributed by atoms with Gasteiger partial charge < -0.3 is 10.1 Å². The topological polar surface area (TPSA) is 43.3 Å². The highest BCUT2D eigenvalue weighted by molar-refractivity contribution is 5.45. The second-order valence-corrected chi connectivity index (χ2v) is 3.28. The second kappa shape index (κ2) is 2.85. The van der Waals surface area contributed by atoms with Crippen molar-refractivity contribution in [1.29, 1.82) is 0 Å². The number of nitrogens with zero attached hydrogens (tertiary/aromatic N) is 2. The molecule has 0 aliphatic rings. The molecule has 0 aromatic carbocycles. The quantitative estimate of drug-likeness (QED) is 0.712. The number of aryl methyl sites for hydroxylation is 2. The maximum Gasteiger partial charge on any atom is 0.137 e. The summed E-state index contributed by atoms with van der Waals surface area (Å²) < 4.78 is 2.04. The molecule has 0 aliphatic heterocycles. The lowest BCUT2D eigenvalue weighted by atomic mass is 10.3. The average molecular weight is 175 g/mol. The normalized spacial score (nSPS) is 11.0. The molecule has 2 aromatic rings. The summed E-state index contributed by atoms with van der Waals surface area (Å²) in [5.74, 6) is 0. The number of hydrogen-bond acceptors (Lipinski definition) is 2. The number of rotatable bonds is 1. The molecule has 0 aliphatic carbocycles. The third-order valence-electron chi connectivity index (χ3n) is 2.27. The fourth-order valence-corrected chi connectivity index (χ4v) is 1.56. The first-order valence-corrected chi connectivity index (χ1v) is 4.36. The van der Waals surface area contributed by atoms with E-state index in [0.717, 1.165) is 17.0 Å². The predicted octanol–water partition coefficient (Wildman–Crippen LogP) is 1.41. The fourth-order valence-electron chi connectivity index (χ4n) is 1.56. The SMILES string of the molecule is Cc1ccn2c(CN)c(C)nc2c1. The molecule has 0 amide bonds. The molecular weight excluding hydrogens is 162 g/mol. The van der Waals surface area contributed by atoms with Crippen LogP contribution in [0, 0.1) is 13.8 Å². The zero-order chi connectivity index (χ0) is 9.42. The molecular formula is C10H13N3. The third kappa shape index (κ3) is 1.21. The third-order valence-corrected chi connectivity index (χ3v) is 2.27. The lowest BCUT2D eigenvalue weighted by Gasteiger charge is -1.99. The smallest absolute Gasteiger partial charge is 0.137 e. The van der Waals surface area contributed by atoms with E-state index >= 15 is 0 Å². The Bertz CT molecular complexity index is 443. The summed E-state index contributed by atoms with van der Waals surface area (Å²) in [7, 11) is 0. The maximum atomic E-state index is 5.64. The van der Waals surface area contributed by atoms with Crippen LogP contribution in [0.15, 0.2) is 18.3 Å². The number of fused-ring (bicyclic) bond motifs is 1. The first-order chi connectivity index (χ1) is 6.22. The molecule has 2 rings (SSSR count). The molecule has 0 saturated carbocycles. The zero-order valence-corrected chi connectivity index (χ0v) is 7.91. The van der Waals surface area contributed by atoms with E-state index in [1.54, 1.807) is 0 Å². The Labute approximate surface area is 77.2 Å². The fraction of sp³-hybridized carbons (Fsp3) is 0.300. The monoisotopic (exact) mass is 175 g/mol.